The number of hydrogen-bond acceptors (Lipinski definition) is 7. The number of pyridine rings is 1. The van der Waals surface area contributed by atoms with Gasteiger partial charge in [0.2, 0.25) is 5.95 Å². The number of aliphatic hydroxyl groups excluding tert-OH is 1. The average Bonchev–Trinajstić information content (AvgIpc) is 3.35. The van der Waals surface area contributed by atoms with Crippen molar-refractivity contribution in [3.63, 3.8) is 0 Å². The second kappa shape index (κ2) is 6.78. The van der Waals surface area contributed by atoms with Crippen LogP contribution in [0.3, 0.4) is 0 Å². The first-order chi connectivity index (χ1) is 14.1. The quantitative estimate of drug-likeness (QED) is 0.551. The molecule has 0 fully saturated rings. The Balaban J connectivity index is 1.51. The molecule has 5 rings (SSSR count). The number of hydrogen-bond donors (Lipinski definition) is 2. The van der Waals surface area contributed by atoms with E-state index in [9.17, 15) is 9.50 Å². The van der Waals surface area contributed by atoms with Gasteiger partial charge < -0.3 is 15.2 Å². The number of aromatic nitrogens is 5. The lowest BCUT2D eigenvalue weighted by atomic mass is 10.0. The fraction of sp³-hybridized carbons (Fsp3) is 0.200. The largest absolute Gasteiger partial charge is 0.490 e. The van der Waals surface area contributed by atoms with E-state index in [1.54, 1.807) is 23.1 Å². The number of ether oxygens (including phenoxy) is 1. The molecule has 4 heterocycles. The maximum Gasteiger partial charge on any atom is 0.210 e. The summed E-state index contributed by atoms with van der Waals surface area (Å²) in [4.78, 5) is 8.80. The number of anilines is 1. The number of fused-ring (bicyclic) bond motifs is 2. The molecule has 1 aliphatic rings. The van der Waals surface area contributed by atoms with Crippen LogP contribution in [0.4, 0.5) is 10.3 Å². The first-order valence-corrected chi connectivity index (χ1v) is 9.10. The van der Waals surface area contributed by atoms with E-state index in [0.717, 1.165) is 16.8 Å². The lowest BCUT2D eigenvalue weighted by molar-refractivity contribution is 0.140. The Hall–Kier alpha value is -3.59. The maximum absolute atomic E-state index is 14.4. The van der Waals surface area contributed by atoms with Gasteiger partial charge in [-0.25, -0.2) is 9.37 Å². The molecular weight excluding hydrogens is 375 g/mol. The highest BCUT2D eigenvalue weighted by Crippen LogP contribution is 2.36. The Morgan fingerprint density at radius 3 is 3.03 bits per heavy atom. The lowest BCUT2D eigenvalue weighted by Gasteiger charge is -2.14. The second-order valence-corrected chi connectivity index (χ2v) is 6.77. The van der Waals surface area contributed by atoms with E-state index in [2.05, 4.69) is 25.5 Å². The molecule has 1 atom stereocenters. The Labute approximate surface area is 165 Å². The molecule has 3 aromatic heterocycles. The highest BCUT2D eigenvalue weighted by molar-refractivity contribution is 5.78. The van der Waals surface area contributed by atoms with Crippen LogP contribution >= 0.6 is 0 Å². The summed E-state index contributed by atoms with van der Waals surface area (Å²) >= 11 is 0. The molecular formula is C20H17FN6O2. The van der Waals surface area contributed by atoms with Crippen molar-refractivity contribution in [2.45, 2.75) is 19.6 Å². The van der Waals surface area contributed by atoms with Crippen LogP contribution in [0.2, 0.25) is 0 Å². The molecule has 9 heteroatoms. The van der Waals surface area contributed by atoms with E-state index in [0.29, 0.717) is 28.5 Å². The van der Waals surface area contributed by atoms with Gasteiger partial charge in [0.15, 0.2) is 5.65 Å². The first-order valence-electron chi connectivity index (χ1n) is 9.10. The summed E-state index contributed by atoms with van der Waals surface area (Å²) in [6, 6.07) is 6.67. The Morgan fingerprint density at radius 1 is 1.28 bits per heavy atom. The van der Waals surface area contributed by atoms with Crippen LogP contribution in [-0.2, 0) is 6.54 Å². The van der Waals surface area contributed by atoms with Gasteiger partial charge in [-0.3, -0.25) is 9.38 Å². The molecule has 0 radical (unpaired) electrons. The van der Waals surface area contributed by atoms with E-state index < -0.39 is 11.9 Å². The summed E-state index contributed by atoms with van der Waals surface area (Å²) in [5.41, 5.74) is 4.00. The molecule has 29 heavy (non-hydrogen) atoms. The van der Waals surface area contributed by atoms with E-state index in [1.165, 1.54) is 12.1 Å². The standard InChI is InChI=1S/C20H17FN6O2/c1-11-12(3-2-6-22-11)13-7-23-20(27-10-25-26-19(13)27)24-8-14-15(21)4-5-17-18(14)16(28)9-29-17/h2-7,10,16,28H,8-9H2,1H3,(H,23,24). The van der Waals surface area contributed by atoms with E-state index in [1.807, 2.05) is 19.1 Å². The molecule has 0 saturated carbocycles. The summed E-state index contributed by atoms with van der Waals surface area (Å²) in [7, 11) is 0. The minimum Gasteiger partial charge on any atom is -0.490 e. The van der Waals surface area contributed by atoms with E-state index in [4.69, 9.17) is 4.74 Å². The predicted molar refractivity (Wildman–Crippen MR) is 103 cm³/mol. The van der Waals surface area contributed by atoms with Gasteiger partial charge >= 0.3 is 0 Å². The monoisotopic (exact) mass is 392 g/mol. The van der Waals surface area contributed by atoms with Crippen molar-refractivity contribution >= 4 is 11.6 Å². The van der Waals surface area contributed by atoms with Gasteiger partial charge in [-0.1, -0.05) is 6.07 Å². The van der Waals surface area contributed by atoms with Crippen molar-refractivity contribution in [2.24, 2.45) is 0 Å². The molecule has 2 N–H and O–H groups in total. The summed E-state index contributed by atoms with van der Waals surface area (Å²) < 4.78 is 21.5. The van der Waals surface area contributed by atoms with Crippen LogP contribution in [0.1, 0.15) is 22.9 Å². The summed E-state index contributed by atoms with van der Waals surface area (Å²) in [6.07, 6.45) is 4.12. The number of nitrogens with zero attached hydrogens (tertiary/aromatic N) is 5. The number of aryl methyl sites for hydroxylation is 1. The molecule has 0 spiro atoms. The SMILES string of the molecule is Cc1ncccc1-c1cnc(NCc2c(F)ccc3c2C(O)CO3)n2cnnc12. The third kappa shape index (κ3) is 2.87. The van der Waals surface area contributed by atoms with Gasteiger partial charge in [0.05, 0.1) is 0 Å². The van der Waals surface area contributed by atoms with Crippen molar-refractivity contribution < 1.29 is 14.2 Å². The van der Waals surface area contributed by atoms with Gasteiger partial charge in [0.25, 0.3) is 0 Å². The summed E-state index contributed by atoms with van der Waals surface area (Å²) in [6.45, 7) is 2.17. The van der Waals surface area contributed by atoms with Gasteiger partial charge in [0.1, 0.15) is 30.6 Å². The topological polar surface area (TPSA) is 97.5 Å². The number of aliphatic hydroxyl groups is 1. The van der Waals surface area contributed by atoms with Crippen molar-refractivity contribution in [3.8, 4) is 16.9 Å². The maximum atomic E-state index is 14.4. The molecule has 8 nitrogen and oxygen atoms in total. The second-order valence-electron chi connectivity index (χ2n) is 6.77. The van der Waals surface area contributed by atoms with Crippen LogP contribution in [0.5, 0.6) is 5.75 Å². The fourth-order valence-corrected chi connectivity index (χ4v) is 3.62. The molecule has 0 aliphatic carbocycles. The lowest BCUT2D eigenvalue weighted by Crippen LogP contribution is -2.11. The Kier molecular flexibility index (Phi) is 4.09. The number of benzene rings is 1. The molecule has 0 amide bonds. The molecule has 146 valence electrons. The van der Waals surface area contributed by atoms with Gasteiger partial charge in [-0.05, 0) is 25.1 Å². The van der Waals surface area contributed by atoms with Crippen LogP contribution < -0.4 is 10.1 Å². The number of nitrogens with one attached hydrogen (secondary N) is 1. The molecule has 4 aromatic rings. The molecule has 0 bridgehead atoms. The van der Waals surface area contributed by atoms with Crippen molar-refractivity contribution in [1.29, 1.82) is 0 Å². The van der Waals surface area contributed by atoms with Crippen molar-refractivity contribution in [3.05, 3.63) is 65.6 Å². The van der Waals surface area contributed by atoms with Crippen LogP contribution in [0.15, 0.2) is 43.0 Å². The van der Waals surface area contributed by atoms with Crippen LogP contribution in [0, 0.1) is 12.7 Å². The Morgan fingerprint density at radius 2 is 2.17 bits per heavy atom. The van der Waals surface area contributed by atoms with Crippen molar-refractivity contribution in [2.75, 3.05) is 11.9 Å². The minimum atomic E-state index is -0.851. The first kappa shape index (κ1) is 17.5. The van der Waals surface area contributed by atoms with Gasteiger partial charge in [0, 0.05) is 46.9 Å². The zero-order chi connectivity index (χ0) is 20.0. The Bertz CT molecular complexity index is 1230. The molecule has 0 saturated heterocycles. The zero-order valence-electron chi connectivity index (χ0n) is 15.5. The highest BCUT2D eigenvalue weighted by atomic mass is 19.1. The minimum absolute atomic E-state index is 0.124. The van der Waals surface area contributed by atoms with Crippen LogP contribution in [-0.4, -0.2) is 36.3 Å². The predicted octanol–water partition coefficient (Wildman–Crippen LogP) is 2.67. The average molecular weight is 392 g/mol. The normalized spacial score (nSPS) is 15.3. The molecule has 1 unspecified atom stereocenters. The van der Waals surface area contributed by atoms with Crippen LogP contribution in [0.25, 0.3) is 16.8 Å². The van der Waals surface area contributed by atoms with Gasteiger partial charge in [-0.2, -0.15) is 0 Å². The summed E-state index contributed by atoms with van der Waals surface area (Å²) in [5.74, 6) is 0.546. The van der Waals surface area contributed by atoms with Gasteiger partial charge in [-0.15, -0.1) is 10.2 Å². The van der Waals surface area contributed by atoms with Crippen molar-refractivity contribution in [1.82, 2.24) is 24.6 Å². The van der Waals surface area contributed by atoms with E-state index >= 15 is 0 Å². The van der Waals surface area contributed by atoms with E-state index in [-0.39, 0.29) is 13.2 Å². The molecule has 1 aromatic carbocycles. The summed E-state index contributed by atoms with van der Waals surface area (Å²) in [5, 5.41) is 21.5. The molecule has 1 aliphatic heterocycles. The number of halogens is 1. The fourth-order valence-electron chi connectivity index (χ4n) is 3.62. The third-order valence-electron chi connectivity index (χ3n) is 5.04. The zero-order valence-corrected chi connectivity index (χ0v) is 15.5. The highest BCUT2D eigenvalue weighted by Gasteiger charge is 2.27. The smallest absolute Gasteiger partial charge is 0.210 e. The number of rotatable bonds is 4. The third-order valence-corrected chi connectivity index (χ3v) is 5.04.